The zero-order valence-electron chi connectivity index (χ0n) is 13.1. The summed E-state index contributed by atoms with van der Waals surface area (Å²) in [6.45, 7) is 0. The molecule has 25 heavy (non-hydrogen) atoms. The van der Waals surface area contributed by atoms with Gasteiger partial charge in [-0.1, -0.05) is 15.9 Å². The Bertz CT molecular complexity index is 770. The number of ether oxygens (including phenoxy) is 2. The number of methoxy groups -OCH3 is 2. The molecule has 2 aromatic carbocycles. The predicted octanol–water partition coefficient (Wildman–Crippen LogP) is 4.81. The van der Waals surface area contributed by atoms with Gasteiger partial charge in [0.1, 0.15) is 0 Å². The second kappa shape index (κ2) is 7.96. The lowest BCUT2D eigenvalue weighted by Crippen LogP contribution is -2.23. The van der Waals surface area contributed by atoms with Crippen molar-refractivity contribution in [3.63, 3.8) is 0 Å². The highest BCUT2D eigenvalue weighted by Crippen LogP contribution is 2.39. The third-order valence-electron chi connectivity index (χ3n) is 3.06. The van der Waals surface area contributed by atoms with Gasteiger partial charge in [0, 0.05) is 22.3 Å². The fourth-order valence-corrected chi connectivity index (χ4v) is 2.66. The van der Waals surface area contributed by atoms with Crippen molar-refractivity contribution in [1.29, 1.82) is 0 Å². The largest absolute Gasteiger partial charge is 0.493 e. The summed E-state index contributed by atoms with van der Waals surface area (Å²) in [4.78, 5) is 0. The molecule has 0 saturated carbocycles. The van der Waals surface area contributed by atoms with Gasteiger partial charge in [-0.15, -0.1) is 0 Å². The van der Waals surface area contributed by atoms with E-state index in [9.17, 15) is 17.4 Å². The van der Waals surface area contributed by atoms with E-state index in [0.717, 1.165) is 4.47 Å². The van der Waals surface area contributed by atoms with E-state index in [1.54, 1.807) is 24.3 Å². The van der Waals surface area contributed by atoms with E-state index in [1.807, 2.05) is 4.72 Å². The van der Waals surface area contributed by atoms with Gasteiger partial charge in [0.2, 0.25) is 11.0 Å². The van der Waals surface area contributed by atoms with Crippen molar-refractivity contribution in [2.45, 2.75) is 5.51 Å². The molecule has 0 aliphatic heterocycles. The van der Waals surface area contributed by atoms with Crippen LogP contribution >= 0.6 is 15.9 Å². The Balaban J connectivity index is 2.43. The van der Waals surface area contributed by atoms with Crippen LogP contribution in [-0.4, -0.2) is 23.9 Å². The Hall–Kier alpha value is -1.94. The van der Waals surface area contributed by atoms with Crippen molar-refractivity contribution >= 4 is 44.0 Å². The van der Waals surface area contributed by atoms with E-state index in [0.29, 0.717) is 11.4 Å². The molecule has 2 N–H and O–H groups in total. The molecule has 0 bridgehead atoms. The van der Waals surface area contributed by atoms with Crippen molar-refractivity contribution in [3.05, 3.63) is 40.9 Å². The first-order valence-electron chi connectivity index (χ1n) is 6.78. The van der Waals surface area contributed by atoms with Crippen LogP contribution in [0.1, 0.15) is 0 Å². The quantitative estimate of drug-likeness (QED) is 0.679. The van der Waals surface area contributed by atoms with Gasteiger partial charge in [0.25, 0.3) is 0 Å². The lowest BCUT2D eigenvalue weighted by atomic mass is 10.2. The van der Waals surface area contributed by atoms with Crippen LogP contribution in [0.2, 0.25) is 0 Å². The minimum atomic E-state index is -4.90. The minimum absolute atomic E-state index is 0.0452. The average Bonchev–Trinajstić information content (AvgIpc) is 2.56. The number of benzene rings is 2. The summed E-state index contributed by atoms with van der Waals surface area (Å²) in [7, 11) is -0.517. The highest BCUT2D eigenvalue weighted by Gasteiger charge is 2.38. The van der Waals surface area contributed by atoms with Gasteiger partial charge in [0.05, 0.1) is 25.6 Å². The number of halogens is 4. The molecule has 0 radical (unpaired) electrons. The molecule has 10 heteroatoms. The topological polar surface area (TPSA) is 59.6 Å². The van der Waals surface area contributed by atoms with Crippen LogP contribution in [0.5, 0.6) is 11.5 Å². The summed E-state index contributed by atoms with van der Waals surface area (Å²) in [5.74, 6) is 0.510. The summed E-state index contributed by atoms with van der Waals surface area (Å²) >= 11 is 3.30. The third-order valence-corrected chi connectivity index (χ3v) is 4.41. The van der Waals surface area contributed by atoms with E-state index in [2.05, 4.69) is 21.2 Å². The highest BCUT2D eigenvalue weighted by molar-refractivity contribution is 9.10. The summed E-state index contributed by atoms with van der Waals surface area (Å²) in [6.07, 6.45) is 0. The van der Waals surface area contributed by atoms with Gasteiger partial charge >= 0.3 is 5.51 Å². The van der Waals surface area contributed by atoms with Crippen LogP contribution in [0.4, 0.5) is 30.2 Å². The lowest BCUT2D eigenvalue weighted by molar-refractivity contribution is -0.0379. The molecule has 5 nitrogen and oxygen atoms in total. The van der Waals surface area contributed by atoms with Gasteiger partial charge in [-0.25, -0.2) is 4.21 Å². The molecule has 0 spiro atoms. The van der Waals surface area contributed by atoms with Gasteiger partial charge in [0.15, 0.2) is 11.5 Å². The molecule has 0 aromatic heterocycles. The third kappa shape index (κ3) is 5.02. The number of nitrogens with one attached hydrogen (secondary N) is 2. The average molecular weight is 439 g/mol. The summed E-state index contributed by atoms with van der Waals surface area (Å²) in [6, 6.07) is 9.73. The maximum atomic E-state index is 12.6. The molecular weight excluding hydrogens is 425 g/mol. The first-order chi connectivity index (χ1) is 11.7. The Labute approximate surface area is 153 Å². The van der Waals surface area contributed by atoms with Crippen molar-refractivity contribution in [2.24, 2.45) is 0 Å². The molecule has 0 saturated heterocycles. The number of alkyl halides is 3. The molecule has 1 atom stereocenters. The summed E-state index contributed by atoms with van der Waals surface area (Å²) in [5, 5.41) is 2.96. The van der Waals surface area contributed by atoms with Crippen LogP contribution in [-0.2, 0) is 11.0 Å². The lowest BCUT2D eigenvalue weighted by Gasteiger charge is -2.18. The Morgan fingerprint density at radius 1 is 1.00 bits per heavy atom. The van der Waals surface area contributed by atoms with Crippen LogP contribution in [0.25, 0.3) is 0 Å². The van der Waals surface area contributed by atoms with Gasteiger partial charge in [-0.3, -0.25) is 4.72 Å². The summed E-state index contributed by atoms with van der Waals surface area (Å²) < 4.78 is 62.3. The molecule has 0 amide bonds. The van der Waals surface area contributed by atoms with Crippen molar-refractivity contribution in [1.82, 2.24) is 0 Å². The van der Waals surface area contributed by atoms with E-state index >= 15 is 0 Å². The molecule has 0 aliphatic rings. The van der Waals surface area contributed by atoms with Crippen molar-refractivity contribution in [2.75, 3.05) is 24.3 Å². The molecule has 0 heterocycles. The SMILES string of the molecule is COc1cc(Nc2ccc(Br)cc2)c(NS(=O)C(F)(F)F)cc1OC. The maximum Gasteiger partial charge on any atom is 0.490 e. The smallest absolute Gasteiger partial charge is 0.490 e. The van der Waals surface area contributed by atoms with Gasteiger partial charge < -0.3 is 14.8 Å². The van der Waals surface area contributed by atoms with E-state index < -0.39 is 16.5 Å². The Morgan fingerprint density at radius 3 is 2.00 bits per heavy atom. The van der Waals surface area contributed by atoms with Crippen molar-refractivity contribution in [3.8, 4) is 11.5 Å². The first kappa shape index (κ1) is 19.4. The second-order valence-electron chi connectivity index (χ2n) is 4.70. The van der Waals surface area contributed by atoms with Crippen molar-refractivity contribution < 1.29 is 26.9 Å². The minimum Gasteiger partial charge on any atom is -0.493 e. The number of rotatable bonds is 6. The molecule has 136 valence electrons. The second-order valence-corrected chi connectivity index (χ2v) is 6.82. The summed E-state index contributed by atoms with van der Waals surface area (Å²) in [5.41, 5.74) is -4.08. The molecule has 1 unspecified atom stereocenters. The molecule has 2 aromatic rings. The Morgan fingerprint density at radius 2 is 1.52 bits per heavy atom. The van der Waals surface area contributed by atoms with Crippen LogP contribution in [0.15, 0.2) is 40.9 Å². The van der Waals surface area contributed by atoms with Crippen LogP contribution in [0.3, 0.4) is 0 Å². The first-order valence-corrected chi connectivity index (χ1v) is 8.72. The normalized spacial score (nSPS) is 12.4. The monoisotopic (exact) mass is 438 g/mol. The van der Waals surface area contributed by atoms with E-state index in [1.165, 1.54) is 26.4 Å². The Kier molecular flexibility index (Phi) is 6.17. The standard InChI is InChI=1S/C15H14BrF3N2O3S/c1-23-13-7-11(20-10-5-3-9(16)4-6-10)12(8-14(13)24-2)21-25(22)15(17,18)19/h3-8,20-21H,1-2H3. The molecular formula is C15H14BrF3N2O3S. The van der Waals surface area contributed by atoms with E-state index in [4.69, 9.17) is 9.47 Å². The predicted molar refractivity (Wildman–Crippen MR) is 94.8 cm³/mol. The molecule has 0 aliphatic carbocycles. The number of hydrogen-bond donors (Lipinski definition) is 2. The molecule has 2 rings (SSSR count). The fourth-order valence-electron chi connectivity index (χ4n) is 1.91. The molecule has 0 fully saturated rings. The zero-order valence-corrected chi connectivity index (χ0v) is 15.5. The van der Waals surface area contributed by atoms with E-state index in [-0.39, 0.29) is 17.1 Å². The van der Waals surface area contributed by atoms with Crippen LogP contribution < -0.4 is 19.5 Å². The van der Waals surface area contributed by atoms with Gasteiger partial charge in [-0.05, 0) is 24.3 Å². The van der Waals surface area contributed by atoms with Crippen LogP contribution in [0, 0.1) is 0 Å². The number of anilines is 3. The van der Waals surface area contributed by atoms with Gasteiger partial charge in [-0.2, -0.15) is 13.2 Å². The zero-order chi connectivity index (χ0) is 18.6. The highest BCUT2D eigenvalue weighted by atomic mass is 79.9. The maximum absolute atomic E-state index is 12.6. The fraction of sp³-hybridized carbons (Fsp3) is 0.200. The number of hydrogen-bond acceptors (Lipinski definition) is 4.